The predicted molar refractivity (Wildman–Crippen MR) is 117 cm³/mol. The molecular weight excluding hydrogens is 427 g/mol. The summed E-state index contributed by atoms with van der Waals surface area (Å²) in [6, 6.07) is 5.03. The first-order chi connectivity index (χ1) is 13.9. The molecule has 4 aliphatic carbocycles. The Morgan fingerprint density at radius 1 is 1.17 bits per heavy atom. The third-order valence-electron chi connectivity index (χ3n) is 6.89. The Labute approximate surface area is 184 Å². The van der Waals surface area contributed by atoms with E-state index in [1.54, 1.807) is 18.2 Å². The van der Waals surface area contributed by atoms with E-state index in [1.807, 2.05) is 7.05 Å². The van der Waals surface area contributed by atoms with Crippen molar-refractivity contribution in [2.75, 3.05) is 11.1 Å². The van der Waals surface area contributed by atoms with Crippen molar-refractivity contribution in [3.63, 3.8) is 0 Å². The zero-order chi connectivity index (χ0) is 20.2. The van der Waals surface area contributed by atoms with E-state index in [-0.39, 0.29) is 17.1 Å². The normalized spacial score (nSPS) is 30.0. The summed E-state index contributed by atoms with van der Waals surface area (Å²) in [5.74, 6) is 3.85. The first-order valence-corrected chi connectivity index (χ1v) is 11.9. The van der Waals surface area contributed by atoms with Crippen molar-refractivity contribution in [3.05, 3.63) is 34.1 Å². The summed E-state index contributed by atoms with van der Waals surface area (Å²) in [5.41, 5.74) is 0.767. The van der Waals surface area contributed by atoms with Crippen molar-refractivity contribution in [2.24, 2.45) is 24.8 Å². The van der Waals surface area contributed by atoms with Gasteiger partial charge >= 0.3 is 0 Å². The molecule has 6 rings (SSSR count). The zero-order valence-electron chi connectivity index (χ0n) is 16.3. The molecule has 154 valence electrons. The van der Waals surface area contributed by atoms with Gasteiger partial charge in [0.2, 0.25) is 5.91 Å². The summed E-state index contributed by atoms with van der Waals surface area (Å²) in [4.78, 5) is 12.4. The molecule has 4 fully saturated rings. The van der Waals surface area contributed by atoms with E-state index in [2.05, 4.69) is 20.1 Å². The van der Waals surface area contributed by atoms with Crippen LogP contribution in [0.1, 0.15) is 44.3 Å². The average molecular weight is 451 g/mol. The van der Waals surface area contributed by atoms with Crippen LogP contribution < -0.4 is 5.32 Å². The molecule has 1 aromatic carbocycles. The van der Waals surface area contributed by atoms with Gasteiger partial charge in [0.25, 0.3) is 0 Å². The fourth-order valence-corrected chi connectivity index (χ4v) is 7.36. The summed E-state index contributed by atoms with van der Waals surface area (Å²) in [6.45, 7) is 0. The van der Waals surface area contributed by atoms with Gasteiger partial charge < -0.3 is 9.88 Å². The lowest BCUT2D eigenvalue weighted by molar-refractivity contribution is -0.113. The third-order valence-corrected chi connectivity index (χ3v) is 8.45. The van der Waals surface area contributed by atoms with Crippen LogP contribution in [0, 0.1) is 17.8 Å². The predicted octanol–water partition coefficient (Wildman–Crippen LogP) is 5.32. The summed E-state index contributed by atoms with van der Waals surface area (Å²) < 4.78 is 2.13. The minimum absolute atomic E-state index is 0.126. The van der Waals surface area contributed by atoms with Crippen LogP contribution in [0.25, 0.3) is 0 Å². The number of nitrogens with one attached hydrogen (secondary N) is 1. The molecular formula is C21H24Cl2N4OS. The molecule has 1 amide bonds. The Hall–Kier alpha value is -1.24. The molecule has 1 N–H and O–H groups in total. The third kappa shape index (κ3) is 3.68. The Morgan fingerprint density at radius 3 is 2.45 bits per heavy atom. The first-order valence-electron chi connectivity index (χ1n) is 10.2. The maximum Gasteiger partial charge on any atom is 0.234 e. The molecule has 4 aliphatic rings. The number of hydrogen-bond donors (Lipinski definition) is 1. The van der Waals surface area contributed by atoms with Crippen molar-refractivity contribution in [1.29, 1.82) is 0 Å². The maximum atomic E-state index is 12.4. The van der Waals surface area contributed by atoms with E-state index in [0.29, 0.717) is 15.7 Å². The van der Waals surface area contributed by atoms with Gasteiger partial charge in [0, 0.05) is 17.5 Å². The topological polar surface area (TPSA) is 59.8 Å². The molecule has 29 heavy (non-hydrogen) atoms. The van der Waals surface area contributed by atoms with Gasteiger partial charge in [0.05, 0.1) is 16.5 Å². The summed E-state index contributed by atoms with van der Waals surface area (Å²) in [6.07, 6.45) is 7.99. The molecule has 4 saturated carbocycles. The Balaban J connectivity index is 1.26. The minimum atomic E-state index is -0.126. The quantitative estimate of drug-likeness (QED) is 0.625. The Bertz CT molecular complexity index is 925. The number of thioether (sulfide) groups is 1. The number of anilines is 1. The van der Waals surface area contributed by atoms with Gasteiger partial charge in [-0.25, -0.2) is 0 Å². The average Bonchev–Trinajstić information content (AvgIpc) is 3.03. The van der Waals surface area contributed by atoms with Crippen LogP contribution in [0.4, 0.5) is 5.69 Å². The smallest absolute Gasteiger partial charge is 0.234 e. The second kappa shape index (κ2) is 7.47. The van der Waals surface area contributed by atoms with Gasteiger partial charge in [-0.05, 0) is 74.5 Å². The van der Waals surface area contributed by atoms with E-state index >= 15 is 0 Å². The van der Waals surface area contributed by atoms with Crippen molar-refractivity contribution >= 4 is 46.6 Å². The van der Waals surface area contributed by atoms with Gasteiger partial charge in [0.1, 0.15) is 5.82 Å². The van der Waals surface area contributed by atoms with Gasteiger partial charge in [-0.1, -0.05) is 35.0 Å². The minimum Gasteiger partial charge on any atom is -0.324 e. The molecule has 1 aromatic heterocycles. The number of benzene rings is 1. The molecule has 0 radical (unpaired) electrons. The number of hydrogen-bond acceptors (Lipinski definition) is 4. The highest BCUT2D eigenvalue weighted by molar-refractivity contribution is 7.99. The van der Waals surface area contributed by atoms with Crippen LogP contribution in [0.5, 0.6) is 0 Å². The fourth-order valence-electron chi connectivity index (χ4n) is 6.19. The molecule has 0 spiro atoms. The van der Waals surface area contributed by atoms with E-state index in [4.69, 9.17) is 23.2 Å². The maximum absolute atomic E-state index is 12.4. The molecule has 0 aliphatic heterocycles. The van der Waals surface area contributed by atoms with E-state index < -0.39 is 0 Å². The number of nitrogens with zero attached hydrogens (tertiary/aromatic N) is 3. The number of amides is 1. The monoisotopic (exact) mass is 450 g/mol. The molecule has 0 atom stereocenters. The second-order valence-corrected chi connectivity index (χ2v) is 10.8. The zero-order valence-corrected chi connectivity index (χ0v) is 18.7. The molecule has 1 heterocycles. The van der Waals surface area contributed by atoms with Crippen LogP contribution in [-0.2, 0) is 17.3 Å². The first kappa shape index (κ1) is 19.7. The second-order valence-electron chi connectivity index (χ2n) is 9.02. The number of rotatable bonds is 5. The van der Waals surface area contributed by atoms with Gasteiger partial charge in [-0.15, -0.1) is 10.2 Å². The van der Waals surface area contributed by atoms with E-state index in [1.165, 1.54) is 50.3 Å². The lowest BCUT2D eigenvalue weighted by atomic mass is 9.49. The van der Waals surface area contributed by atoms with E-state index in [0.717, 1.165) is 28.7 Å². The Kier molecular flexibility index (Phi) is 5.08. The largest absolute Gasteiger partial charge is 0.324 e. The van der Waals surface area contributed by atoms with Crippen molar-refractivity contribution < 1.29 is 4.79 Å². The van der Waals surface area contributed by atoms with Crippen LogP contribution in [-0.4, -0.2) is 26.4 Å². The van der Waals surface area contributed by atoms with Gasteiger partial charge in [-0.3, -0.25) is 4.79 Å². The van der Waals surface area contributed by atoms with Crippen LogP contribution in [0.3, 0.4) is 0 Å². The van der Waals surface area contributed by atoms with Crippen molar-refractivity contribution in [3.8, 4) is 0 Å². The van der Waals surface area contributed by atoms with Crippen LogP contribution in [0.15, 0.2) is 23.4 Å². The molecule has 4 bridgehead atoms. The highest BCUT2D eigenvalue weighted by atomic mass is 35.5. The fraction of sp³-hybridized carbons (Fsp3) is 0.571. The van der Waals surface area contributed by atoms with Crippen LogP contribution >= 0.6 is 35.0 Å². The van der Waals surface area contributed by atoms with Crippen molar-refractivity contribution in [1.82, 2.24) is 14.8 Å². The van der Waals surface area contributed by atoms with E-state index in [9.17, 15) is 4.79 Å². The summed E-state index contributed by atoms with van der Waals surface area (Å²) >= 11 is 13.5. The molecule has 8 heteroatoms. The lowest BCUT2D eigenvalue weighted by Crippen LogP contribution is -2.49. The van der Waals surface area contributed by atoms with Gasteiger partial charge in [0.15, 0.2) is 5.16 Å². The standard InChI is InChI=1S/C21H24Cl2N4OS/c1-27-19(21-8-12-4-13(9-21)6-14(5-12)10-21)25-26-20(27)29-11-18(28)24-17-3-2-15(22)7-16(17)23/h2-3,7,12-14H,4-6,8-11H2,1H3,(H,24,28). The van der Waals surface area contributed by atoms with Crippen LogP contribution in [0.2, 0.25) is 10.0 Å². The molecule has 0 saturated heterocycles. The number of carbonyl (C=O) groups is 1. The highest BCUT2D eigenvalue weighted by Gasteiger charge is 2.53. The Morgan fingerprint density at radius 2 is 1.83 bits per heavy atom. The van der Waals surface area contributed by atoms with Gasteiger partial charge in [-0.2, -0.15) is 0 Å². The molecule has 5 nitrogen and oxygen atoms in total. The number of halogens is 2. The van der Waals surface area contributed by atoms with Crippen molar-refractivity contribution in [2.45, 2.75) is 49.1 Å². The molecule has 0 unspecified atom stereocenters. The summed E-state index contributed by atoms with van der Waals surface area (Å²) in [7, 11) is 2.05. The SMILES string of the molecule is Cn1c(SCC(=O)Nc2ccc(Cl)cc2Cl)nnc1C12CC3CC(CC(C3)C1)C2. The molecule has 2 aromatic rings. The lowest BCUT2D eigenvalue weighted by Gasteiger charge is -2.56. The number of carbonyl (C=O) groups excluding carboxylic acids is 1. The number of aromatic nitrogens is 3. The summed E-state index contributed by atoms with van der Waals surface area (Å²) in [5, 5.41) is 13.7. The highest BCUT2D eigenvalue weighted by Crippen LogP contribution is 2.60.